The Morgan fingerprint density at radius 2 is 1.88 bits per heavy atom. The molecule has 0 atom stereocenters. The van der Waals surface area contributed by atoms with Crippen LogP contribution in [0.5, 0.6) is 0 Å². The first kappa shape index (κ1) is 17.2. The number of nitrogens with zero attached hydrogens (tertiary/aromatic N) is 2. The van der Waals surface area contributed by atoms with Gasteiger partial charge in [0.25, 0.3) is 5.91 Å². The van der Waals surface area contributed by atoms with Crippen molar-refractivity contribution in [1.29, 1.82) is 0 Å². The van der Waals surface area contributed by atoms with E-state index in [0.29, 0.717) is 12.5 Å². The van der Waals surface area contributed by atoms with Crippen LogP contribution in [-0.4, -0.2) is 22.3 Å². The molecule has 0 bridgehead atoms. The molecule has 0 spiro atoms. The molecule has 1 aliphatic rings. The van der Waals surface area contributed by atoms with E-state index in [4.69, 9.17) is 0 Å². The van der Waals surface area contributed by atoms with Crippen molar-refractivity contribution < 1.29 is 4.79 Å². The number of carbonyl (C=O) groups excluding carboxylic acids is 1. The van der Waals surface area contributed by atoms with Crippen LogP contribution in [0.2, 0.25) is 0 Å². The number of amides is 1. The highest BCUT2D eigenvalue weighted by atomic mass is 32.1. The first-order valence-electron chi connectivity index (χ1n) is 9.46. The van der Waals surface area contributed by atoms with Crippen LogP contribution in [0.4, 0.5) is 0 Å². The van der Waals surface area contributed by atoms with Gasteiger partial charge in [0, 0.05) is 18.7 Å². The Labute approximate surface area is 158 Å². The molecule has 3 aromatic rings. The first-order chi connectivity index (χ1) is 12.8. The molecule has 0 N–H and O–H groups in total. The van der Waals surface area contributed by atoms with Gasteiger partial charge in [0.1, 0.15) is 0 Å². The monoisotopic (exact) mass is 364 g/mol. The molecule has 1 fully saturated rings. The molecular formula is C22H24N2OS. The number of fused-ring (bicyclic) bond motifs is 1. The minimum atomic E-state index is 0.134. The van der Waals surface area contributed by atoms with Crippen LogP contribution in [0.15, 0.2) is 54.0 Å². The first-order valence-corrected chi connectivity index (χ1v) is 10.3. The molecule has 1 aromatic heterocycles. The third kappa shape index (κ3) is 3.96. The van der Waals surface area contributed by atoms with Gasteiger partial charge in [0.2, 0.25) is 0 Å². The Balaban J connectivity index is 1.58. The van der Waals surface area contributed by atoms with Gasteiger partial charge in [0.05, 0.1) is 15.7 Å². The average Bonchev–Trinajstić information content (AvgIpc) is 3.16. The molecular weight excluding hydrogens is 340 g/mol. The van der Waals surface area contributed by atoms with Crippen LogP contribution in [0.3, 0.4) is 0 Å². The standard InChI is InChI=1S/C22H24N2OS/c25-22(19-11-12-20-21(13-19)26-16-23-20)24(14-17-7-3-1-4-8-17)15-18-9-5-2-6-10-18/h1,3-4,7-8,11-13,16,18H,2,5-6,9-10,14-15H2. The zero-order valence-electron chi connectivity index (χ0n) is 14.9. The molecule has 3 nitrogen and oxygen atoms in total. The van der Waals surface area contributed by atoms with Gasteiger partial charge in [-0.2, -0.15) is 0 Å². The molecule has 1 heterocycles. The average molecular weight is 365 g/mol. The zero-order chi connectivity index (χ0) is 17.8. The fourth-order valence-electron chi connectivity index (χ4n) is 3.88. The van der Waals surface area contributed by atoms with E-state index in [0.717, 1.165) is 22.3 Å². The Morgan fingerprint density at radius 1 is 1.08 bits per heavy atom. The summed E-state index contributed by atoms with van der Waals surface area (Å²) in [6.45, 7) is 1.53. The van der Waals surface area contributed by atoms with Crippen LogP contribution in [0.1, 0.15) is 48.0 Å². The molecule has 2 aromatic carbocycles. The van der Waals surface area contributed by atoms with E-state index in [1.165, 1.54) is 37.7 Å². The molecule has 26 heavy (non-hydrogen) atoms. The lowest BCUT2D eigenvalue weighted by atomic mass is 9.88. The molecule has 1 amide bonds. The van der Waals surface area contributed by atoms with E-state index in [-0.39, 0.29) is 5.91 Å². The van der Waals surface area contributed by atoms with Crippen LogP contribution < -0.4 is 0 Å². The van der Waals surface area contributed by atoms with Gasteiger partial charge in [-0.05, 0) is 42.5 Å². The summed E-state index contributed by atoms with van der Waals surface area (Å²) in [5.41, 5.74) is 4.76. The summed E-state index contributed by atoms with van der Waals surface area (Å²) in [5.74, 6) is 0.762. The van der Waals surface area contributed by atoms with Crippen molar-refractivity contribution >= 4 is 27.5 Å². The van der Waals surface area contributed by atoms with Crippen molar-refractivity contribution in [3.05, 3.63) is 65.2 Å². The van der Waals surface area contributed by atoms with Gasteiger partial charge in [-0.25, -0.2) is 4.98 Å². The molecule has 0 radical (unpaired) electrons. The molecule has 0 saturated heterocycles. The Bertz CT molecular complexity index is 868. The zero-order valence-corrected chi connectivity index (χ0v) is 15.8. The van der Waals surface area contributed by atoms with Crippen LogP contribution in [0, 0.1) is 5.92 Å². The Morgan fingerprint density at radius 3 is 2.69 bits per heavy atom. The van der Waals surface area contributed by atoms with Crippen LogP contribution >= 0.6 is 11.3 Å². The second-order valence-electron chi connectivity index (χ2n) is 7.21. The van der Waals surface area contributed by atoms with Crippen molar-refractivity contribution in [2.45, 2.75) is 38.6 Å². The van der Waals surface area contributed by atoms with Crippen molar-refractivity contribution in [2.24, 2.45) is 5.92 Å². The predicted octanol–water partition coefficient (Wildman–Crippen LogP) is 5.52. The molecule has 1 saturated carbocycles. The van der Waals surface area contributed by atoms with Gasteiger partial charge < -0.3 is 4.90 Å². The van der Waals surface area contributed by atoms with E-state index in [2.05, 4.69) is 17.1 Å². The molecule has 4 rings (SSSR count). The maximum absolute atomic E-state index is 13.3. The lowest BCUT2D eigenvalue weighted by Crippen LogP contribution is -2.35. The van der Waals surface area contributed by atoms with Gasteiger partial charge >= 0.3 is 0 Å². The fraction of sp³-hybridized carbons (Fsp3) is 0.364. The van der Waals surface area contributed by atoms with Crippen molar-refractivity contribution in [1.82, 2.24) is 9.88 Å². The second kappa shape index (κ2) is 8.00. The maximum Gasteiger partial charge on any atom is 0.254 e. The largest absolute Gasteiger partial charge is 0.334 e. The van der Waals surface area contributed by atoms with Gasteiger partial charge in [-0.3, -0.25) is 4.79 Å². The fourth-order valence-corrected chi connectivity index (χ4v) is 4.59. The maximum atomic E-state index is 13.3. The van der Waals surface area contributed by atoms with Gasteiger partial charge in [-0.1, -0.05) is 49.6 Å². The number of aromatic nitrogens is 1. The smallest absolute Gasteiger partial charge is 0.254 e. The molecule has 0 aliphatic heterocycles. The number of hydrogen-bond acceptors (Lipinski definition) is 3. The lowest BCUT2D eigenvalue weighted by molar-refractivity contribution is 0.0699. The van der Waals surface area contributed by atoms with Gasteiger partial charge in [-0.15, -0.1) is 11.3 Å². The number of benzene rings is 2. The van der Waals surface area contributed by atoms with E-state index in [9.17, 15) is 4.79 Å². The highest BCUT2D eigenvalue weighted by Gasteiger charge is 2.22. The summed E-state index contributed by atoms with van der Waals surface area (Å²) in [7, 11) is 0. The summed E-state index contributed by atoms with van der Waals surface area (Å²) in [6, 6.07) is 16.2. The summed E-state index contributed by atoms with van der Waals surface area (Å²) in [6.07, 6.45) is 6.42. The Kier molecular flexibility index (Phi) is 5.30. The Hall–Kier alpha value is -2.20. The van der Waals surface area contributed by atoms with E-state index in [1.807, 2.05) is 46.8 Å². The predicted molar refractivity (Wildman–Crippen MR) is 107 cm³/mol. The summed E-state index contributed by atoms with van der Waals surface area (Å²) in [4.78, 5) is 19.7. The minimum Gasteiger partial charge on any atom is -0.334 e. The van der Waals surface area contributed by atoms with Crippen molar-refractivity contribution in [3.63, 3.8) is 0 Å². The number of rotatable bonds is 5. The second-order valence-corrected chi connectivity index (χ2v) is 8.10. The van der Waals surface area contributed by atoms with E-state index in [1.54, 1.807) is 11.3 Å². The van der Waals surface area contributed by atoms with Crippen molar-refractivity contribution in [3.8, 4) is 0 Å². The minimum absolute atomic E-state index is 0.134. The quantitative estimate of drug-likeness (QED) is 0.597. The normalized spacial score (nSPS) is 15.2. The molecule has 1 aliphatic carbocycles. The van der Waals surface area contributed by atoms with E-state index >= 15 is 0 Å². The van der Waals surface area contributed by atoms with Crippen LogP contribution in [-0.2, 0) is 6.54 Å². The van der Waals surface area contributed by atoms with Gasteiger partial charge in [0.15, 0.2) is 0 Å². The number of carbonyl (C=O) groups is 1. The highest BCUT2D eigenvalue weighted by Crippen LogP contribution is 2.26. The summed E-state index contributed by atoms with van der Waals surface area (Å²) < 4.78 is 1.08. The van der Waals surface area contributed by atoms with Crippen molar-refractivity contribution in [2.75, 3.05) is 6.54 Å². The molecule has 4 heteroatoms. The van der Waals surface area contributed by atoms with Crippen LogP contribution in [0.25, 0.3) is 10.2 Å². The molecule has 134 valence electrons. The SMILES string of the molecule is O=C(c1ccc2ncsc2c1)N(Cc1ccccc1)CC1CCCCC1. The highest BCUT2D eigenvalue weighted by molar-refractivity contribution is 7.16. The number of hydrogen-bond donors (Lipinski definition) is 0. The number of thiazole rings is 1. The summed E-state index contributed by atoms with van der Waals surface area (Å²) in [5, 5.41) is 0. The summed E-state index contributed by atoms with van der Waals surface area (Å²) >= 11 is 1.59. The topological polar surface area (TPSA) is 33.2 Å². The molecule has 0 unspecified atom stereocenters. The lowest BCUT2D eigenvalue weighted by Gasteiger charge is -2.30. The third-order valence-corrected chi connectivity index (χ3v) is 6.08. The third-order valence-electron chi connectivity index (χ3n) is 5.29. The van der Waals surface area contributed by atoms with E-state index < -0.39 is 0 Å².